The third kappa shape index (κ3) is 5.92. The molecule has 6 heteroatoms. The van der Waals surface area contributed by atoms with Crippen LogP contribution in [0.15, 0.2) is 77.7 Å². The van der Waals surface area contributed by atoms with Crippen molar-refractivity contribution in [2.75, 3.05) is 26.2 Å². The average molecular weight is 581 g/mol. The number of carbonyl (C=O) groups is 1. The Kier molecular flexibility index (Phi) is 8.40. The molecule has 0 aromatic heterocycles. The molecule has 1 saturated heterocycles. The molecule has 0 radical (unpaired) electrons. The third-order valence-corrected chi connectivity index (χ3v) is 10.3. The zero-order valence-electron chi connectivity index (χ0n) is 25.5. The van der Waals surface area contributed by atoms with Crippen LogP contribution in [0.25, 0.3) is 22.3 Å². The summed E-state index contributed by atoms with van der Waals surface area (Å²) in [6, 6.07) is 24.0. The number of piperazine rings is 1. The largest absolute Gasteiger partial charge is 0.340 e. The van der Waals surface area contributed by atoms with Gasteiger partial charge >= 0.3 is 0 Å². The first kappa shape index (κ1) is 29.7. The van der Waals surface area contributed by atoms with Crippen molar-refractivity contribution in [1.82, 2.24) is 9.21 Å². The summed E-state index contributed by atoms with van der Waals surface area (Å²) in [5, 5.41) is 0. The topological polar surface area (TPSA) is 57.7 Å². The van der Waals surface area contributed by atoms with E-state index in [1.165, 1.54) is 16.7 Å². The zero-order chi connectivity index (χ0) is 30.2. The van der Waals surface area contributed by atoms with Crippen molar-refractivity contribution in [3.05, 3.63) is 112 Å². The van der Waals surface area contributed by atoms with Gasteiger partial charge in [-0.1, -0.05) is 71.8 Å². The molecule has 1 aliphatic rings. The summed E-state index contributed by atoms with van der Waals surface area (Å²) in [7, 11) is -3.82. The van der Waals surface area contributed by atoms with Gasteiger partial charge in [0.1, 0.15) is 0 Å². The maximum Gasteiger partial charge on any atom is 0.243 e. The summed E-state index contributed by atoms with van der Waals surface area (Å²) < 4.78 is 30.1. The molecule has 1 heterocycles. The van der Waals surface area contributed by atoms with Crippen molar-refractivity contribution in [3.63, 3.8) is 0 Å². The monoisotopic (exact) mass is 580 g/mol. The number of sulfonamides is 1. The first-order valence-corrected chi connectivity index (χ1v) is 16.0. The lowest BCUT2D eigenvalue weighted by molar-refractivity contribution is -0.131. The minimum absolute atomic E-state index is 0.0260. The number of hydrogen-bond acceptors (Lipinski definition) is 3. The van der Waals surface area contributed by atoms with E-state index in [1.54, 1.807) is 15.3 Å². The van der Waals surface area contributed by atoms with Crippen molar-refractivity contribution in [1.29, 1.82) is 0 Å². The summed E-state index contributed by atoms with van der Waals surface area (Å²) in [5.41, 5.74) is 11.6. The minimum Gasteiger partial charge on any atom is -0.340 e. The Morgan fingerprint density at radius 3 is 1.74 bits per heavy atom. The molecule has 42 heavy (non-hydrogen) atoms. The number of rotatable bonds is 6. The van der Waals surface area contributed by atoms with Crippen molar-refractivity contribution in [2.45, 2.75) is 52.9 Å². The van der Waals surface area contributed by atoms with Crippen LogP contribution in [0, 0.1) is 41.5 Å². The second-order valence-corrected chi connectivity index (χ2v) is 13.6. The van der Waals surface area contributed by atoms with Crippen molar-refractivity contribution in [3.8, 4) is 22.3 Å². The van der Waals surface area contributed by atoms with E-state index in [1.807, 2.05) is 36.4 Å². The second-order valence-electron chi connectivity index (χ2n) is 11.7. The Bertz CT molecular complexity index is 1710. The molecule has 4 aromatic rings. The van der Waals surface area contributed by atoms with Crippen LogP contribution >= 0.6 is 0 Å². The quantitative estimate of drug-likeness (QED) is 0.248. The van der Waals surface area contributed by atoms with Crippen LogP contribution in [0.4, 0.5) is 0 Å². The summed E-state index contributed by atoms with van der Waals surface area (Å²) in [5.74, 6) is 0.0260. The third-order valence-electron chi connectivity index (χ3n) is 8.30. The predicted molar refractivity (Wildman–Crippen MR) is 171 cm³/mol. The lowest BCUT2D eigenvalue weighted by Gasteiger charge is -2.34. The number of aryl methyl sites for hydroxylation is 6. The molecule has 0 saturated carbocycles. The van der Waals surface area contributed by atoms with Gasteiger partial charge in [0.2, 0.25) is 15.9 Å². The first-order chi connectivity index (χ1) is 20.0. The summed E-state index contributed by atoms with van der Waals surface area (Å²) >= 11 is 0. The van der Waals surface area contributed by atoms with Gasteiger partial charge in [0, 0.05) is 31.7 Å². The maximum atomic E-state index is 14.3. The number of hydrogen-bond donors (Lipinski definition) is 0. The Labute approximate surface area is 250 Å². The molecule has 0 unspecified atom stereocenters. The van der Waals surface area contributed by atoms with Crippen LogP contribution in [0.2, 0.25) is 0 Å². The maximum absolute atomic E-state index is 14.3. The molecule has 1 amide bonds. The van der Waals surface area contributed by atoms with E-state index < -0.39 is 10.0 Å². The van der Waals surface area contributed by atoms with E-state index >= 15 is 0 Å². The lowest BCUT2D eigenvalue weighted by Crippen LogP contribution is -2.50. The van der Waals surface area contributed by atoms with Crippen LogP contribution in [0.3, 0.4) is 0 Å². The molecule has 5 nitrogen and oxygen atoms in total. The van der Waals surface area contributed by atoms with Crippen molar-refractivity contribution in [2.24, 2.45) is 0 Å². The highest BCUT2D eigenvalue weighted by molar-refractivity contribution is 7.89. The van der Waals surface area contributed by atoms with Gasteiger partial charge in [-0.05, 0) is 98.2 Å². The minimum atomic E-state index is -3.82. The second kappa shape index (κ2) is 11.9. The highest BCUT2D eigenvalue weighted by atomic mass is 32.2. The standard InChI is InChI=1S/C36H40N2O3S/c1-24-18-26(3)35(27(4)19-24)31-12-13-33(32(23-31)36-28(5)20-25(2)21-29(36)6)42(40,41)38-16-14-37(15-17-38)34(39)22-30-10-8-7-9-11-30/h7-13,18-21,23H,14-17,22H2,1-6H3. The van der Waals surface area contributed by atoms with E-state index in [0.717, 1.165) is 44.5 Å². The molecular weight excluding hydrogens is 540 g/mol. The zero-order valence-corrected chi connectivity index (χ0v) is 26.3. The van der Waals surface area contributed by atoms with Gasteiger partial charge in [-0.2, -0.15) is 4.31 Å². The van der Waals surface area contributed by atoms with E-state index in [9.17, 15) is 13.2 Å². The van der Waals surface area contributed by atoms with Gasteiger partial charge in [-0.25, -0.2) is 8.42 Å². The highest BCUT2D eigenvalue weighted by Crippen LogP contribution is 2.39. The summed E-state index contributed by atoms with van der Waals surface area (Å²) in [6.07, 6.45) is 0.322. The molecule has 0 atom stereocenters. The Morgan fingerprint density at radius 2 is 1.19 bits per heavy atom. The Balaban J connectivity index is 1.51. The molecule has 0 N–H and O–H groups in total. The van der Waals surface area contributed by atoms with E-state index in [-0.39, 0.29) is 19.0 Å². The summed E-state index contributed by atoms with van der Waals surface area (Å²) in [6.45, 7) is 13.8. The van der Waals surface area contributed by atoms with Gasteiger partial charge in [0.25, 0.3) is 0 Å². The Morgan fingerprint density at radius 1 is 0.667 bits per heavy atom. The van der Waals surface area contributed by atoms with Gasteiger partial charge in [0.05, 0.1) is 11.3 Å². The van der Waals surface area contributed by atoms with Gasteiger partial charge in [-0.3, -0.25) is 4.79 Å². The normalized spacial score (nSPS) is 14.3. The molecule has 1 fully saturated rings. The van der Waals surface area contributed by atoms with Gasteiger partial charge in [-0.15, -0.1) is 0 Å². The molecule has 218 valence electrons. The van der Waals surface area contributed by atoms with E-state index in [0.29, 0.717) is 24.4 Å². The summed E-state index contributed by atoms with van der Waals surface area (Å²) in [4.78, 5) is 15.0. The molecule has 0 spiro atoms. The Hall–Kier alpha value is -3.74. The van der Waals surface area contributed by atoms with Gasteiger partial charge < -0.3 is 4.90 Å². The number of carbonyl (C=O) groups excluding carboxylic acids is 1. The highest BCUT2D eigenvalue weighted by Gasteiger charge is 2.32. The smallest absolute Gasteiger partial charge is 0.243 e. The molecule has 1 aliphatic heterocycles. The van der Waals surface area contributed by atoms with Crippen LogP contribution in [0.5, 0.6) is 0 Å². The number of amides is 1. The molecule has 0 aliphatic carbocycles. The van der Waals surface area contributed by atoms with Crippen LogP contribution < -0.4 is 0 Å². The van der Waals surface area contributed by atoms with Gasteiger partial charge in [0.15, 0.2) is 0 Å². The van der Waals surface area contributed by atoms with Crippen LogP contribution in [-0.4, -0.2) is 49.7 Å². The fourth-order valence-electron chi connectivity index (χ4n) is 6.55. The fourth-order valence-corrected chi connectivity index (χ4v) is 8.15. The van der Waals surface area contributed by atoms with E-state index in [2.05, 4.69) is 71.9 Å². The number of nitrogens with zero attached hydrogens (tertiary/aromatic N) is 2. The van der Waals surface area contributed by atoms with E-state index in [4.69, 9.17) is 0 Å². The number of benzene rings is 4. The lowest BCUT2D eigenvalue weighted by atomic mass is 9.89. The molecule has 4 aromatic carbocycles. The van der Waals surface area contributed by atoms with Crippen LogP contribution in [0.1, 0.15) is 38.9 Å². The predicted octanol–water partition coefficient (Wildman–Crippen LogP) is 6.95. The fraction of sp³-hybridized carbons (Fsp3) is 0.306. The molecular formula is C36H40N2O3S. The van der Waals surface area contributed by atoms with Crippen molar-refractivity contribution >= 4 is 15.9 Å². The first-order valence-electron chi connectivity index (χ1n) is 14.6. The molecule has 5 rings (SSSR count). The van der Waals surface area contributed by atoms with Crippen LogP contribution in [-0.2, 0) is 21.2 Å². The average Bonchev–Trinajstić information content (AvgIpc) is 2.92. The van der Waals surface area contributed by atoms with Crippen molar-refractivity contribution < 1.29 is 13.2 Å². The molecule has 0 bridgehead atoms. The SMILES string of the molecule is Cc1cc(C)c(-c2ccc(S(=O)(=O)N3CCN(C(=O)Cc4ccccc4)CC3)c(-c3c(C)cc(C)cc3C)c2)c(C)c1.